The van der Waals surface area contributed by atoms with Gasteiger partial charge in [-0.25, -0.2) is 18.4 Å². The number of rotatable bonds is 3. The SMILES string of the molecule is CS(=O)(=O)c1nc(C(N)=O)cc(-c2ccccc2)n1. The second-order valence-electron chi connectivity index (χ2n) is 3.92. The summed E-state index contributed by atoms with van der Waals surface area (Å²) < 4.78 is 23.0. The molecule has 1 aromatic carbocycles. The Morgan fingerprint density at radius 1 is 1.16 bits per heavy atom. The van der Waals surface area contributed by atoms with E-state index in [-0.39, 0.29) is 5.69 Å². The Morgan fingerprint density at radius 2 is 1.79 bits per heavy atom. The molecule has 0 fully saturated rings. The van der Waals surface area contributed by atoms with Gasteiger partial charge in [0.2, 0.25) is 15.0 Å². The molecule has 0 aliphatic carbocycles. The van der Waals surface area contributed by atoms with E-state index in [0.717, 1.165) is 6.26 Å². The van der Waals surface area contributed by atoms with Crippen LogP contribution >= 0.6 is 0 Å². The quantitative estimate of drug-likeness (QED) is 0.829. The van der Waals surface area contributed by atoms with Crippen LogP contribution in [0.5, 0.6) is 0 Å². The van der Waals surface area contributed by atoms with Crippen molar-refractivity contribution in [1.82, 2.24) is 9.97 Å². The third-order valence-electron chi connectivity index (χ3n) is 2.36. The Hall–Kier alpha value is -2.28. The predicted octanol–water partition coefficient (Wildman–Crippen LogP) is 0.646. The highest BCUT2D eigenvalue weighted by Gasteiger charge is 2.17. The number of primary amides is 1. The van der Waals surface area contributed by atoms with Crippen LogP contribution in [0.4, 0.5) is 0 Å². The Bertz CT molecular complexity index is 727. The van der Waals surface area contributed by atoms with Gasteiger partial charge in [-0.2, -0.15) is 0 Å². The molecule has 2 rings (SSSR count). The first kappa shape index (κ1) is 13.2. The van der Waals surface area contributed by atoms with Crippen LogP contribution < -0.4 is 5.73 Å². The highest BCUT2D eigenvalue weighted by atomic mass is 32.2. The van der Waals surface area contributed by atoms with E-state index in [1.807, 2.05) is 6.07 Å². The number of amides is 1. The zero-order chi connectivity index (χ0) is 14.0. The van der Waals surface area contributed by atoms with E-state index in [0.29, 0.717) is 11.3 Å². The molecule has 0 aliphatic rings. The molecule has 0 unspecified atom stereocenters. The van der Waals surface area contributed by atoms with Gasteiger partial charge in [-0.15, -0.1) is 0 Å². The normalized spacial score (nSPS) is 11.2. The van der Waals surface area contributed by atoms with Crippen molar-refractivity contribution in [1.29, 1.82) is 0 Å². The zero-order valence-electron chi connectivity index (χ0n) is 10.1. The third-order valence-corrected chi connectivity index (χ3v) is 3.21. The van der Waals surface area contributed by atoms with Crippen LogP contribution in [-0.2, 0) is 9.84 Å². The standard InChI is InChI=1S/C12H11N3O3S/c1-19(17,18)12-14-9(7-10(15-12)11(13)16)8-5-3-2-4-6-8/h2-7H,1H3,(H2,13,16). The minimum atomic E-state index is -3.62. The summed E-state index contributed by atoms with van der Waals surface area (Å²) in [5.41, 5.74) is 6.03. The molecule has 0 aliphatic heterocycles. The van der Waals surface area contributed by atoms with Crippen molar-refractivity contribution in [2.24, 2.45) is 5.73 Å². The number of benzene rings is 1. The summed E-state index contributed by atoms with van der Waals surface area (Å²) in [6, 6.07) is 10.2. The second kappa shape index (κ2) is 4.77. The van der Waals surface area contributed by atoms with Gasteiger partial charge < -0.3 is 5.73 Å². The van der Waals surface area contributed by atoms with Crippen LogP contribution in [0.1, 0.15) is 10.5 Å². The van der Waals surface area contributed by atoms with Crippen LogP contribution in [0.25, 0.3) is 11.3 Å². The second-order valence-corrected chi connectivity index (χ2v) is 5.83. The number of nitrogens with two attached hydrogens (primary N) is 1. The van der Waals surface area contributed by atoms with Crippen LogP contribution in [0.2, 0.25) is 0 Å². The van der Waals surface area contributed by atoms with Gasteiger partial charge in [0.15, 0.2) is 0 Å². The summed E-state index contributed by atoms with van der Waals surface area (Å²) >= 11 is 0. The fraction of sp³-hybridized carbons (Fsp3) is 0.0833. The first-order valence-corrected chi connectivity index (χ1v) is 7.21. The Kier molecular flexibility index (Phi) is 3.30. The Balaban J connectivity index is 2.69. The number of aromatic nitrogens is 2. The molecular weight excluding hydrogens is 266 g/mol. The maximum atomic E-state index is 11.5. The molecule has 0 saturated carbocycles. The molecule has 0 spiro atoms. The first-order valence-electron chi connectivity index (χ1n) is 5.32. The van der Waals surface area contributed by atoms with Crippen molar-refractivity contribution in [3.8, 4) is 11.3 Å². The Labute approximate surface area is 110 Å². The summed E-state index contributed by atoms with van der Waals surface area (Å²) in [4.78, 5) is 18.8. The van der Waals surface area contributed by atoms with E-state index < -0.39 is 20.9 Å². The minimum Gasteiger partial charge on any atom is -0.364 e. The maximum absolute atomic E-state index is 11.5. The first-order chi connectivity index (χ1) is 8.88. The molecular formula is C12H11N3O3S. The monoisotopic (exact) mass is 277 g/mol. The molecule has 0 bridgehead atoms. The summed E-state index contributed by atoms with van der Waals surface area (Å²) in [6.07, 6.45) is 0.974. The molecule has 98 valence electrons. The van der Waals surface area contributed by atoms with Crippen molar-refractivity contribution in [2.45, 2.75) is 5.16 Å². The van der Waals surface area contributed by atoms with E-state index in [9.17, 15) is 13.2 Å². The van der Waals surface area contributed by atoms with E-state index in [1.165, 1.54) is 6.07 Å². The molecule has 2 N–H and O–H groups in total. The van der Waals surface area contributed by atoms with Crippen molar-refractivity contribution in [3.63, 3.8) is 0 Å². The van der Waals surface area contributed by atoms with Crippen molar-refractivity contribution < 1.29 is 13.2 Å². The van der Waals surface area contributed by atoms with Gasteiger partial charge in [-0.05, 0) is 6.07 Å². The van der Waals surface area contributed by atoms with Gasteiger partial charge in [0.25, 0.3) is 5.91 Å². The number of carbonyl (C=O) groups is 1. The summed E-state index contributed by atoms with van der Waals surface area (Å²) in [7, 11) is -3.62. The van der Waals surface area contributed by atoms with Crippen molar-refractivity contribution in [2.75, 3.05) is 6.26 Å². The van der Waals surface area contributed by atoms with Crippen LogP contribution in [-0.4, -0.2) is 30.5 Å². The van der Waals surface area contributed by atoms with Gasteiger partial charge in [0.1, 0.15) is 5.69 Å². The fourth-order valence-corrected chi connectivity index (χ4v) is 2.00. The lowest BCUT2D eigenvalue weighted by Gasteiger charge is -2.05. The third kappa shape index (κ3) is 2.94. The fourth-order valence-electron chi connectivity index (χ4n) is 1.47. The smallest absolute Gasteiger partial charge is 0.267 e. The minimum absolute atomic E-state index is 0.130. The number of hydrogen-bond acceptors (Lipinski definition) is 5. The van der Waals surface area contributed by atoms with Gasteiger partial charge in [-0.3, -0.25) is 4.79 Å². The zero-order valence-corrected chi connectivity index (χ0v) is 10.9. The number of sulfone groups is 1. The summed E-state index contributed by atoms with van der Waals surface area (Å²) in [5.74, 6) is -0.801. The molecule has 0 atom stereocenters. The molecule has 0 saturated heterocycles. The summed E-state index contributed by atoms with van der Waals surface area (Å²) in [5, 5.41) is -0.414. The maximum Gasteiger partial charge on any atom is 0.267 e. The molecule has 1 heterocycles. The topological polar surface area (TPSA) is 103 Å². The molecule has 2 aromatic rings. The van der Waals surface area contributed by atoms with E-state index in [2.05, 4.69) is 9.97 Å². The lowest BCUT2D eigenvalue weighted by atomic mass is 10.1. The van der Waals surface area contributed by atoms with Crippen molar-refractivity contribution in [3.05, 3.63) is 42.1 Å². The van der Waals surface area contributed by atoms with Gasteiger partial charge in [0, 0.05) is 11.8 Å². The van der Waals surface area contributed by atoms with E-state index in [4.69, 9.17) is 5.73 Å². The molecule has 6 nitrogen and oxygen atoms in total. The lowest BCUT2D eigenvalue weighted by molar-refractivity contribution is 0.0994. The number of hydrogen-bond donors (Lipinski definition) is 1. The van der Waals surface area contributed by atoms with Crippen LogP contribution in [0.3, 0.4) is 0 Å². The predicted molar refractivity (Wildman–Crippen MR) is 69.1 cm³/mol. The van der Waals surface area contributed by atoms with Gasteiger partial charge in [0.05, 0.1) is 5.69 Å². The molecule has 19 heavy (non-hydrogen) atoms. The number of nitrogens with zero attached hydrogens (tertiary/aromatic N) is 2. The average Bonchev–Trinajstić information content (AvgIpc) is 2.38. The van der Waals surface area contributed by atoms with Crippen LogP contribution in [0, 0.1) is 0 Å². The van der Waals surface area contributed by atoms with Gasteiger partial charge in [-0.1, -0.05) is 30.3 Å². The lowest BCUT2D eigenvalue weighted by Crippen LogP contribution is -2.16. The molecule has 1 amide bonds. The van der Waals surface area contributed by atoms with Gasteiger partial charge >= 0.3 is 0 Å². The van der Waals surface area contributed by atoms with E-state index in [1.54, 1.807) is 24.3 Å². The molecule has 0 radical (unpaired) electrons. The number of carbonyl (C=O) groups excluding carboxylic acids is 1. The highest BCUT2D eigenvalue weighted by molar-refractivity contribution is 7.90. The van der Waals surface area contributed by atoms with Crippen molar-refractivity contribution >= 4 is 15.7 Å². The molecule has 7 heteroatoms. The van der Waals surface area contributed by atoms with E-state index >= 15 is 0 Å². The average molecular weight is 277 g/mol. The Morgan fingerprint density at radius 3 is 2.32 bits per heavy atom. The van der Waals surface area contributed by atoms with Crippen LogP contribution in [0.15, 0.2) is 41.6 Å². The molecule has 1 aromatic heterocycles. The largest absolute Gasteiger partial charge is 0.364 e. The highest BCUT2D eigenvalue weighted by Crippen LogP contribution is 2.18. The summed E-state index contributed by atoms with van der Waals surface area (Å²) in [6.45, 7) is 0.